The van der Waals surface area contributed by atoms with Crippen molar-refractivity contribution in [2.24, 2.45) is 0 Å². The predicted molar refractivity (Wildman–Crippen MR) is 111 cm³/mol. The monoisotopic (exact) mass is 445 g/mol. The van der Waals surface area contributed by atoms with Crippen LogP contribution in [0.3, 0.4) is 0 Å². The molecule has 2 aromatic carbocycles. The summed E-state index contributed by atoms with van der Waals surface area (Å²) in [4.78, 5) is 27.0. The molecule has 0 bridgehead atoms. The molecule has 1 unspecified atom stereocenters. The van der Waals surface area contributed by atoms with Gasteiger partial charge in [0.2, 0.25) is 10.0 Å². The fourth-order valence-electron chi connectivity index (χ4n) is 3.75. The first-order valence-electron chi connectivity index (χ1n) is 9.77. The van der Waals surface area contributed by atoms with Crippen LogP contribution in [0.4, 0.5) is 4.79 Å². The van der Waals surface area contributed by atoms with Gasteiger partial charge in [0.1, 0.15) is 18.1 Å². The number of rotatable bonds is 6. The third-order valence-corrected chi connectivity index (χ3v) is 7.27. The van der Waals surface area contributed by atoms with E-state index in [9.17, 15) is 18.0 Å². The number of imide groups is 1. The molecule has 10 heteroatoms. The summed E-state index contributed by atoms with van der Waals surface area (Å²) < 4.78 is 36.6. The minimum atomic E-state index is -3.52. The summed E-state index contributed by atoms with van der Waals surface area (Å²) in [7, 11) is -0.601. The first kappa shape index (κ1) is 21.1. The third kappa shape index (κ3) is 3.61. The van der Waals surface area contributed by atoms with Crippen molar-refractivity contribution in [2.45, 2.75) is 16.9 Å². The number of nitrogens with one attached hydrogen (secondary N) is 1. The van der Waals surface area contributed by atoms with Gasteiger partial charge >= 0.3 is 6.03 Å². The number of carbonyl (C=O) groups is 2. The van der Waals surface area contributed by atoms with E-state index in [1.54, 1.807) is 30.3 Å². The van der Waals surface area contributed by atoms with Crippen molar-refractivity contribution >= 4 is 22.0 Å². The van der Waals surface area contributed by atoms with Crippen molar-refractivity contribution in [3.05, 3.63) is 54.1 Å². The van der Waals surface area contributed by atoms with Crippen LogP contribution in [0.2, 0.25) is 0 Å². The van der Waals surface area contributed by atoms with E-state index in [1.807, 2.05) is 6.07 Å². The highest BCUT2D eigenvalue weighted by Crippen LogP contribution is 2.40. The van der Waals surface area contributed by atoms with Gasteiger partial charge < -0.3 is 14.8 Å². The van der Waals surface area contributed by atoms with Crippen molar-refractivity contribution in [1.29, 1.82) is 0 Å². The summed E-state index contributed by atoms with van der Waals surface area (Å²) in [5.74, 6) is 0.702. The van der Waals surface area contributed by atoms with Gasteiger partial charge in [-0.1, -0.05) is 18.2 Å². The summed E-state index contributed by atoms with van der Waals surface area (Å²) in [6.45, 7) is 0.468. The van der Waals surface area contributed by atoms with Crippen LogP contribution in [0.1, 0.15) is 12.0 Å². The smallest absolute Gasteiger partial charge is 0.325 e. The number of benzene rings is 2. The van der Waals surface area contributed by atoms with E-state index in [0.717, 1.165) is 9.21 Å². The van der Waals surface area contributed by atoms with Crippen LogP contribution in [0, 0.1) is 0 Å². The van der Waals surface area contributed by atoms with Crippen LogP contribution in [0.15, 0.2) is 53.4 Å². The predicted octanol–water partition coefficient (Wildman–Crippen LogP) is 1.55. The molecule has 3 amide bonds. The van der Waals surface area contributed by atoms with E-state index in [4.69, 9.17) is 9.47 Å². The van der Waals surface area contributed by atoms with E-state index < -0.39 is 21.6 Å². The Kier molecular flexibility index (Phi) is 5.36. The van der Waals surface area contributed by atoms with Crippen molar-refractivity contribution in [3.8, 4) is 11.5 Å². The maximum atomic E-state index is 13.2. The molecule has 0 saturated carbocycles. The zero-order chi connectivity index (χ0) is 22.2. The second kappa shape index (κ2) is 7.86. The Bertz CT molecular complexity index is 1120. The van der Waals surface area contributed by atoms with Gasteiger partial charge in [0, 0.05) is 26.1 Å². The lowest BCUT2D eigenvalue weighted by Crippen LogP contribution is -2.47. The Hall–Kier alpha value is -3.11. The Morgan fingerprint density at radius 3 is 2.55 bits per heavy atom. The molecule has 2 aliphatic rings. The highest BCUT2D eigenvalue weighted by Gasteiger charge is 2.54. The molecule has 1 atom stereocenters. The molecular weight excluding hydrogens is 422 g/mol. The molecule has 1 N–H and O–H groups in total. The number of hydrogen-bond acceptors (Lipinski definition) is 6. The van der Waals surface area contributed by atoms with Crippen LogP contribution in [-0.4, -0.2) is 63.4 Å². The lowest BCUT2D eigenvalue weighted by molar-refractivity contribution is -0.132. The highest BCUT2D eigenvalue weighted by molar-refractivity contribution is 7.89. The Morgan fingerprint density at radius 1 is 1.13 bits per heavy atom. The van der Waals surface area contributed by atoms with Crippen molar-refractivity contribution < 1.29 is 27.5 Å². The average molecular weight is 445 g/mol. The van der Waals surface area contributed by atoms with Gasteiger partial charge in [-0.3, -0.25) is 9.69 Å². The number of sulfonamides is 1. The minimum Gasteiger partial charge on any atom is -0.493 e. The van der Waals surface area contributed by atoms with Crippen LogP contribution in [0.25, 0.3) is 0 Å². The molecule has 31 heavy (non-hydrogen) atoms. The molecular formula is C21H23N3O6S. The third-order valence-electron chi connectivity index (χ3n) is 5.44. The topological polar surface area (TPSA) is 105 Å². The average Bonchev–Trinajstić information content (AvgIpc) is 2.99. The second-order valence-corrected chi connectivity index (χ2v) is 9.65. The van der Waals surface area contributed by atoms with Crippen LogP contribution >= 0.6 is 0 Å². The van der Waals surface area contributed by atoms with Crippen molar-refractivity contribution in [2.75, 3.05) is 33.9 Å². The standard InChI is InChI=1S/C21H23N3O6S/c1-23(2)31(27,28)16-9-7-15(8-10-16)29-14-12-24-19(25)21(22-20(24)26)11-13-30-18-6-4-3-5-17(18)21/h3-10H,11-14H2,1-2H3,(H,22,26). The normalized spacial score (nSPS) is 20.5. The van der Waals surface area contributed by atoms with Gasteiger partial charge in [-0.05, 0) is 30.3 Å². The van der Waals surface area contributed by atoms with E-state index >= 15 is 0 Å². The van der Waals surface area contributed by atoms with E-state index in [1.165, 1.54) is 26.2 Å². The number of nitrogens with zero attached hydrogens (tertiary/aromatic N) is 2. The summed E-state index contributed by atoms with van der Waals surface area (Å²) in [6.07, 6.45) is 0.355. The lowest BCUT2D eigenvalue weighted by Gasteiger charge is -2.33. The van der Waals surface area contributed by atoms with Crippen LogP contribution < -0.4 is 14.8 Å². The van der Waals surface area contributed by atoms with Gasteiger partial charge in [-0.2, -0.15) is 0 Å². The molecule has 4 rings (SSSR count). The van der Waals surface area contributed by atoms with E-state index in [0.29, 0.717) is 30.1 Å². The number of fused-ring (bicyclic) bond motifs is 2. The summed E-state index contributed by atoms with van der Waals surface area (Å²) in [5.41, 5.74) is -0.464. The number of amides is 3. The Balaban J connectivity index is 1.42. The fourth-order valence-corrected chi connectivity index (χ4v) is 4.65. The summed E-state index contributed by atoms with van der Waals surface area (Å²) >= 11 is 0. The van der Waals surface area contributed by atoms with E-state index in [-0.39, 0.29) is 24.0 Å². The molecule has 0 aromatic heterocycles. The first-order valence-corrected chi connectivity index (χ1v) is 11.2. The van der Waals surface area contributed by atoms with Gasteiger partial charge in [0.25, 0.3) is 5.91 Å². The molecule has 164 valence electrons. The van der Waals surface area contributed by atoms with E-state index in [2.05, 4.69) is 5.32 Å². The Labute approximate surface area is 180 Å². The molecule has 2 aromatic rings. The van der Waals surface area contributed by atoms with Gasteiger partial charge in [-0.15, -0.1) is 0 Å². The molecule has 0 aliphatic carbocycles. The largest absolute Gasteiger partial charge is 0.493 e. The van der Waals surface area contributed by atoms with Crippen LogP contribution in [-0.2, 0) is 20.4 Å². The SMILES string of the molecule is CN(C)S(=O)(=O)c1ccc(OCCN2C(=O)NC3(CCOc4ccccc43)C2=O)cc1. The number of para-hydroxylation sites is 1. The molecule has 9 nitrogen and oxygen atoms in total. The quantitative estimate of drug-likeness (QED) is 0.677. The minimum absolute atomic E-state index is 0.0627. The Morgan fingerprint density at radius 2 is 1.84 bits per heavy atom. The number of carbonyl (C=O) groups excluding carboxylic acids is 2. The molecule has 2 aliphatic heterocycles. The fraction of sp³-hybridized carbons (Fsp3) is 0.333. The van der Waals surface area contributed by atoms with Gasteiger partial charge in [0.15, 0.2) is 5.54 Å². The van der Waals surface area contributed by atoms with Gasteiger partial charge in [-0.25, -0.2) is 17.5 Å². The van der Waals surface area contributed by atoms with Crippen LogP contribution in [0.5, 0.6) is 11.5 Å². The maximum Gasteiger partial charge on any atom is 0.325 e. The summed E-state index contributed by atoms with van der Waals surface area (Å²) in [6, 6.07) is 12.7. The zero-order valence-corrected chi connectivity index (χ0v) is 18.0. The number of urea groups is 1. The number of hydrogen-bond donors (Lipinski definition) is 1. The van der Waals surface area contributed by atoms with Gasteiger partial charge in [0.05, 0.1) is 18.0 Å². The summed E-state index contributed by atoms with van der Waals surface area (Å²) in [5, 5.41) is 2.84. The highest BCUT2D eigenvalue weighted by atomic mass is 32.2. The lowest BCUT2D eigenvalue weighted by atomic mass is 9.84. The second-order valence-electron chi connectivity index (χ2n) is 7.49. The number of ether oxygens (including phenoxy) is 2. The molecule has 1 saturated heterocycles. The molecule has 0 radical (unpaired) electrons. The molecule has 1 spiro atoms. The maximum absolute atomic E-state index is 13.2. The van der Waals surface area contributed by atoms with Crippen molar-refractivity contribution in [3.63, 3.8) is 0 Å². The molecule has 1 fully saturated rings. The zero-order valence-electron chi connectivity index (χ0n) is 17.2. The molecule has 2 heterocycles. The van der Waals surface area contributed by atoms with Crippen molar-refractivity contribution in [1.82, 2.24) is 14.5 Å². The first-order chi connectivity index (χ1) is 14.8.